The highest BCUT2D eigenvalue weighted by atomic mass is 16.1. The molecule has 2 nitrogen and oxygen atoms in total. The topological polar surface area (TPSA) is 20.3 Å². The molecule has 0 amide bonds. The molecule has 1 heterocycles. The SMILES string of the molecule is CCN1CCC(CCC(C)=O)CC1. The third-order valence-electron chi connectivity index (χ3n) is 3.06. The van der Waals surface area contributed by atoms with Gasteiger partial charge in [-0.25, -0.2) is 0 Å². The van der Waals surface area contributed by atoms with Crippen LogP contribution < -0.4 is 0 Å². The van der Waals surface area contributed by atoms with Gasteiger partial charge in [0.15, 0.2) is 0 Å². The van der Waals surface area contributed by atoms with Gasteiger partial charge in [-0.15, -0.1) is 0 Å². The van der Waals surface area contributed by atoms with Crippen molar-refractivity contribution in [1.29, 1.82) is 0 Å². The molecule has 0 aromatic carbocycles. The molecular weight excluding hydrogens is 162 g/mol. The summed E-state index contributed by atoms with van der Waals surface area (Å²) in [5.41, 5.74) is 0. The monoisotopic (exact) mass is 183 g/mol. The predicted molar refractivity (Wildman–Crippen MR) is 54.8 cm³/mol. The van der Waals surface area contributed by atoms with Crippen LogP contribution in [0, 0.1) is 5.92 Å². The average molecular weight is 183 g/mol. The summed E-state index contributed by atoms with van der Waals surface area (Å²) in [6.07, 6.45) is 4.49. The molecule has 2 heteroatoms. The smallest absolute Gasteiger partial charge is 0.129 e. The van der Waals surface area contributed by atoms with Gasteiger partial charge in [-0.1, -0.05) is 6.92 Å². The maximum absolute atomic E-state index is 10.8. The van der Waals surface area contributed by atoms with Crippen molar-refractivity contribution in [2.24, 2.45) is 5.92 Å². The molecule has 13 heavy (non-hydrogen) atoms. The molecule has 0 saturated carbocycles. The second-order valence-corrected chi connectivity index (χ2v) is 4.12. The van der Waals surface area contributed by atoms with Gasteiger partial charge in [0.2, 0.25) is 0 Å². The Labute approximate surface area is 81.3 Å². The Morgan fingerprint density at radius 2 is 2.00 bits per heavy atom. The van der Waals surface area contributed by atoms with Crippen LogP contribution in [0.2, 0.25) is 0 Å². The zero-order valence-electron chi connectivity index (χ0n) is 8.88. The summed E-state index contributed by atoms with van der Waals surface area (Å²) in [6.45, 7) is 7.56. The first-order valence-corrected chi connectivity index (χ1v) is 5.44. The van der Waals surface area contributed by atoms with Gasteiger partial charge in [-0.05, 0) is 51.7 Å². The Hall–Kier alpha value is -0.370. The molecular formula is C11H21NO. The minimum absolute atomic E-state index is 0.345. The Bertz CT molecular complexity index is 159. The van der Waals surface area contributed by atoms with Crippen molar-refractivity contribution >= 4 is 5.78 Å². The summed E-state index contributed by atoms with van der Waals surface area (Å²) in [6, 6.07) is 0. The fourth-order valence-electron chi connectivity index (χ4n) is 2.00. The van der Waals surface area contributed by atoms with E-state index in [0.717, 1.165) is 18.8 Å². The van der Waals surface area contributed by atoms with Crippen molar-refractivity contribution in [3.63, 3.8) is 0 Å². The van der Waals surface area contributed by atoms with Crippen LogP contribution in [0.15, 0.2) is 0 Å². The number of carbonyl (C=O) groups is 1. The van der Waals surface area contributed by atoms with E-state index in [1.807, 2.05) is 0 Å². The van der Waals surface area contributed by atoms with Crippen molar-refractivity contribution < 1.29 is 4.79 Å². The predicted octanol–water partition coefficient (Wildman–Crippen LogP) is 2.09. The number of Topliss-reactive ketones (excluding diaryl/α,β-unsaturated/α-hetero) is 1. The molecule has 1 fully saturated rings. The number of ketones is 1. The molecule has 1 aliphatic heterocycles. The van der Waals surface area contributed by atoms with E-state index in [1.54, 1.807) is 6.92 Å². The zero-order chi connectivity index (χ0) is 9.68. The number of hydrogen-bond donors (Lipinski definition) is 0. The molecule has 76 valence electrons. The number of likely N-dealkylation sites (tertiary alicyclic amines) is 1. The lowest BCUT2D eigenvalue weighted by Crippen LogP contribution is -2.33. The van der Waals surface area contributed by atoms with E-state index in [1.165, 1.54) is 32.5 Å². The van der Waals surface area contributed by atoms with Crippen LogP contribution in [0.5, 0.6) is 0 Å². The normalized spacial score (nSPS) is 20.5. The van der Waals surface area contributed by atoms with E-state index in [0.29, 0.717) is 5.78 Å². The van der Waals surface area contributed by atoms with Crippen molar-refractivity contribution in [3.05, 3.63) is 0 Å². The number of piperidine rings is 1. The van der Waals surface area contributed by atoms with Gasteiger partial charge in [0.05, 0.1) is 0 Å². The number of rotatable bonds is 4. The summed E-state index contributed by atoms with van der Waals surface area (Å²) >= 11 is 0. The summed E-state index contributed by atoms with van der Waals surface area (Å²) in [5.74, 6) is 1.16. The Morgan fingerprint density at radius 1 is 1.38 bits per heavy atom. The first-order valence-electron chi connectivity index (χ1n) is 5.44. The van der Waals surface area contributed by atoms with Gasteiger partial charge >= 0.3 is 0 Å². The molecule has 0 radical (unpaired) electrons. The zero-order valence-corrected chi connectivity index (χ0v) is 8.88. The van der Waals surface area contributed by atoms with E-state index >= 15 is 0 Å². The minimum atomic E-state index is 0.345. The standard InChI is InChI=1S/C11H21NO/c1-3-12-8-6-11(7-9-12)5-4-10(2)13/h11H,3-9H2,1-2H3. The highest BCUT2D eigenvalue weighted by Gasteiger charge is 2.17. The number of hydrogen-bond acceptors (Lipinski definition) is 2. The summed E-state index contributed by atoms with van der Waals surface area (Å²) < 4.78 is 0. The van der Waals surface area contributed by atoms with Crippen molar-refractivity contribution in [2.75, 3.05) is 19.6 Å². The van der Waals surface area contributed by atoms with E-state index in [4.69, 9.17) is 0 Å². The molecule has 0 aromatic heterocycles. The lowest BCUT2D eigenvalue weighted by atomic mass is 9.91. The fourth-order valence-corrected chi connectivity index (χ4v) is 2.00. The van der Waals surface area contributed by atoms with Gasteiger partial charge < -0.3 is 9.69 Å². The Balaban J connectivity index is 2.14. The third-order valence-corrected chi connectivity index (χ3v) is 3.06. The fraction of sp³-hybridized carbons (Fsp3) is 0.909. The van der Waals surface area contributed by atoms with E-state index < -0.39 is 0 Å². The third kappa shape index (κ3) is 3.90. The van der Waals surface area contributed by atoms with E-state index in [2.05, 4.69) is 11.8 Å². The van der Waals surface area contributed by atoms with Crippen LogP contribution in [-0.2, 0) is 4.79 Å². The molecule has 0 unspecified atom stereocenters. The van der Waals surface area contributed by atoms with Crippen LogP contribution >= 0.6 is 0 Å². The first-order chi connectivity index (χ1) is 6.22. The maximum atomic E-state index is 10.8. The van der Waals surface area contributed by atoms with Gasteiger partial charge in [0.25, 0.3) is 0 Å². The van der Waals surface area contributed by atoms with Crippen LogP contribution in [-0.4, -0.2) is 30.3 Å². The average Bonchev–Trinajstić information content (AvgIpc) is 2.15. The molecule has 0 aliphatic carbocycles. The highest BCUT2D eigenvalue weighted by molar-refractivity contribution is 5.75. The second-order valence-electron chi connectivity index (χ2n) is 4.12. The van der Waals surface area contributed by atoms with Crippen molar-refractivity contribution in [2.45, 2.75) is 39.5 Å². The van der Waals surface area contributed by atoms with Gasteiger partial charge in [-0.2, -0.15) is 0 Å². The van der Waals surface area contributed by atoms with E-state index in [9.17, 15) is 4.79 Å². The molecule has 1 saturated heterocycles. The van der Waals surface area contributed by atoms with E-state index in [-0.39, 0.29) is 0 Å². The van der Waals surface area contributed by atoms with Gasteiger partial charge in [-0.3, -0.25) is 0 Å². The molecule has 0 spiro atoms. The lowest BCUT2D eigenvalue weighted by molar-refractivity contribution is -0.117. The molecule has 0 bridgehead atoms. The van der Waals surface area contributed by atoms with Crippen molar-refractivity contribution in [3.8, 4) is 0 Å². The molecule has 1 aliphatic rings. The minimum Gasteiger partial charge on any atom is -0.304 e. The molecule has 0 atom stereocenters. The lowest BCUT2D eigenvalue weighted by Gasteiger charge is -2.30. The maximum Gasteiger partial charge on any atom is 0.129 e. The largest absolute Gasteiger partial charge is 0.304 e. The Kier molecular flexibility index (Phi) is 4.43. The number of nitrogens with zero attached hydrogens (tertiary/aromatic N) is 1. The number of carbonyl (C=O) groups excluding carboxylic acids is 1. The molecule has 0 aromatic rings. The summed E-state index contributed by atoms with van der Waals surface area (Å²) in [4.78, 5) is 13.3. The van der Waals surface area contributed by atoms with Crippen LogP contribution in [0.3, 0.4) is 0 Å². The van der Waals surface area contributed by atoms with Crippen LogP contribution in [0.25, 0.3) is 0 Å². The summed E-state index contributed by atoms with van der Waals surface area (Å²) in [5, 5.41) is 0. The molecule has 0 N–H and O–H groups in total. The summed E-state index contributed by atoms with van der Waals surface area (Å²) in [7, 11) is 0. The van der Waals surface area contributed by atoms with Crippen LogP contribution in [0.4, 0.5) is 0 Å². The highest BCUT2D eigenvalue weighted by Crippen LogP contribution is 2.21. The Morgan fingerprint density at radius 3 is 2.46 bits per heavy atom. The van der Waals surface area contributed by atoms with Crippen LogP contribution in [0.1, 0.15) is 39.5 Å². The quantitative estimate of drug-likeness (QED) is 0.665. The first kappa shape index (κ1) is 10.7. The van der Waals surface area contributed by atoms with Gasteiger partial charge in [0, 0.05) is 6.42 Å². The molecule has 1 rings (SSSR count). The van der Waals surface area contributed by atoms with Crippen molar-refractivity contribution in [1.82, 2.24) is 4.90 Å². The van der Waals surface area contributed by atoms with Gasteiger partial charge in [0.1, 0.15) is 5.78 Å². The second kappa shape index (κ2) is 5.38.